The molecule has 0 spiro atoms. The highest BCUT2D eigenvalue weighted by molar-refractivity contribution is 7.89. The van der Waals surface area contributed by atoms with E-state index in [9.17, 15) is 23.1 Å². The normalized spacial score (nSPS) is 12.6. The molecule has 1 amide bonds. The zero-order valence-corrected chi connectivity index (χ0v) is 15.9. The standard InChI is InChI=1S/C19H22N2O5S/c1-21(2)27(25,26)17-10-8-15(9-11-17)18(22)20-13-16(19(23)24)12-14-6-4-3-5-7-14/h3-11,16H,12-13H2,1-2H3,(H,20,22)(H,23,24). The summed E-state index contributed by atoms with van der Waals surface area (Å²) < 4.78 is 25.2. The van der Waals surface area contributed by atoms with E-state index >= 15 is 0 Å². The van der Waals surface area contributed by atoms with Gasteiger partial charge in [-0.15, -0.1) is 0 Å². The molecule has 7 nitrogen and oxygen atoms in total. The lowest BCUT2D eigenvalue weighted by Gasteiger charge is -2.14. The lowest BCUT2D eigenvalue weighted by molar-refractivity contribution is -0.141. The Morgan fingerprint density at radius 2 is 1.63 bits per heavy atom. The van der Waals surface area contributed by atoms with Crippen LogP contribution in [0.3, 0.4) is 0 Å². The third kappa shape index (κ3) is 5.38. The predicted molar refractivity (Wildman–Crippen MR) is 101 cm³/mol. The first-order valence-electron chi connectivity index (χ1n) is 8.29. The largest absolute Gasteiger partial charge is 0.481 e. The van der Waals surface area contributed by atoms with E-state index in [1.807, 2.05) is 30.3 Å². The quantitative estimate of drug-likeness (QED) is 0.713. The summed E-state index contributed by atoms with van der Waals surface area (Å²) in [5, 5.41) is 12.0. The Hall–Kier alpha value is -2.71. The monoisotopic (exact) mass is 390 g/mol. The molecule has 0 bridgehead atoms. The lowest BCUT2D eigenvalue weighted by Crippen LogP contribution is -2.34. The maximum absolute atomic E-state index is 12.3. The number of carbonyl (C=O) groups excluding carboxylic acids is 1. The molecule has 1 unspecified atom stereocenters. The molecule has 0 saturated carbocycles. The number of sulfonamides is 1. The van der Waals surface area contributed by atoms with E-state index in [4.69, 9.17) is 0 Å². The van der Waals surface area contributed by atoms with Crippen molar-refractivity contribution in [2.45, 2.75) is 11.3 Å². The summed E-state index contributed by atoms with van der Waals surface area (Å²) in [6.07, 6.45) is 0.302. The number of carboxylic acid groups (broad SMARTS) is 1. The summed E-state index contributed by atoms with van der Waals surface area (Å²) in [6, 6.07) is 14.7. The van der Waals surface area contributed by atoms with Gasteiger partial charge in [0.1, 0.15) is 0 Å². The lowest BCUT2D eigenvalue weighted by atomic mass is 9.99. The average Bonchev–Trinajstić information content (AvgIpc) is 2.65. The van der Waals surface area contributed by atoms with Gasteiger partial charge in [0, 0.05) is 26.2 Å². The molecule has 0 aliphatic heterocycles. The molecule has 2 aromatic carbocycles. The van der Waals surface area contributed by atoms with Crippen molar-refractivity contribution in [1.29, 1.82) is 0 Å². The molecule has 27 heavy (non-hydrogen) atoms. The van der Waals surface area contributed by atoms with Crippen molar-refractivity contribution in [3.63, 3.8) is 0 Å². The van der Waals surface area contributed by atoms with Crippen LogP contribution in [0.1, 0.15) is 15.9 Å². The summed E-state index contributed by atoms with van der Waals surface area (Å²) in [5.41, 5.74) is 1.13. The van der Waals surface area contributed by atoms with E-state index in [1.165, 1.54) is 38.4 Å². The molecule has 0 fully saturated rings. The zero-order chi connectivity index (χ0) is 20.0. The predicted octanol–water partition coefficient (Wildman–Crippen LogP) is 1.61. The molecule has 0 aromatic heterocycles. The number of amides is 1. The van der Waals surface area contributed by atoms with Gasteiger partial charge >= 0.3 is 5.97 Å². The number of nitrogens with zero attached hydrogens (tertiary/aromatic N) is 1. The van der Waals surface area contributed by atoms with Crippen LogP contribution >= 0.6 is 0 Å². The highest BCUT2D eigenvalue weighted by Crippen LogP contribution is 2.14. The first kappa shape index (κ1) is 20.6. The number of carbonyl (C=O) groups is 2. The van der Waals surface area contributed by atoms with E-state index in [0.717, 1.165) is 9.87 Å². The van der Waals surface area contributed by atoms with Gasteiger partial charge in [-0.05, 0) is 36.2 Å². The second-order valence-corrected chi connectivity index (χ2v) is 8.40. The van der Waals surface area contributed by atoms with Crippen LogP contribution in [0, 0.1) is 5.92 Å². The summed E-state index contributed by atoms with van der Waals surface area (Å²) in [7, 11) is -0.716. The van der Waals surface area contributed by atoms with Crippen molar-refractivity contribution in [3.05, 3.63) is 65.7 Å². The van der Waals surface area contributed by atoms with Gasteiger partial charge < -0.3 is 10.4 Å². The summed E-state index contributed by atoms with van der Waals surface area (Å²) in [4.78, 5) is 23.8. The fraction of sp³-hybridized carbons (Fsp3) is 0.263. The minimum atomic E-state index is -3.57. The molecular weight excluding hydrogens is 368 g/mol. The Morgan fingerprint density at radius 3 is 2.15 bits per heavy atom. The van der Waals surface area contributed by atoms with Gasteiger partial charge in [-0.3, -0.25) is 9.59 Å². The van der Waals surface area contributed by atoms with Crippen LogP contribution in [0.5, 0.6) is 0 Å². The van der Waals surface area contributed by atoms with E-state index in [1.54, 1.807) is 0 Å². The van der Waals surface area contributed by atoms with Gasteiger partial charge in [-0.1, -0.05) is 30.3 Å². The van der Waals surface area contributed by atoms with E-state index < -0.39 is 27.8 Å². The van der Waals surface area contributed by atoms with Crippen molar-refractivity contribution in [1.82, 2.24) is 9.62 Å². The van der Waals surface area contributed by atoms with Gasteiger partial charge in [-0.25, -0.2) is 12.7 Å². The number of hydrogen-bond acceptors (Lipinski definition) is 4. The summed E-state index contributed by atoms with van der Waals surface area (Å²) in [5.74, 6) is -2.21. The van der Waals surface area contributed by atoms with Gasteiger partial charge in [0.05, 0.1) is 10.8 Å². The van der Waals surface area contributed by atoms with Crippen molar-refractivity contribution in [2.75, 3.05) is 20.6 Å². The Labute approximate surface area is 158 Å². The van der Waals surface area contributed by atoms with Gasteiger partial charge in [0.2, 0.25) is 10.0 Å². The number of aliphatic carboxylic acids is 1. The molecule has 1 atom stereocenters. The average molecular weight is 390 g/mol. The molecular formula is C19H22N2O5S. The smallest absolute Gasteiger partial charge is 0.308 e. The van der Waals surface area contributed by atoms with E-state index in [-0.39, 0.29) is 17.0 Å². The zero-order valence-electron chi connectivity index (χ0n) is 15.1. The molecule has 2 N–H and O–H groups in total. The number of nitrogens with one attached hydrogen (secondary N) is 1. The third-order valence-electron chi connectivity index (χ3n) is 4.08. The third-order valence-corrected chi connectivity index (χ3v) is 5.91. The molecule has 8 heteroatoms. The van der Waals surface area contributed by atoms with Crippen molar-refractivity contribution < 1.29 is 23.1 Å². The molecule has 0 radical (unpaired) electrons. The van der Waals surface area contributed by atoms with Crippen LogP contribution in [-0.4, -0.2) is 50.3 Å². The van der Waals surface area contributed by atoms with Crippen LogP contribution < -0.4 is 5.32 Å². The topological polar surface area (TPSA) is 104 Å². The first-order chi connectivity index (χ1) is 12.7. The number of carboxylic acids is 1. The molecule has 0 heterocycles. The molecule has 2 rings (SSSR count). The number of rotatable bonds is 8. The number of hydrogen-bond donors (Lipinski definition) is 2. The SMILES string of the molecule is CN(C)S(=O)(=O)c1ccc(C(=O)NCC(Cc2ccccc2)C(=O)O)cc1. The second-order valence-electron chi connectivity index (χ2n) is 6.25. The highest BCUT2D eigenvalue weighted by atomic mass is 32.2. The first-order valence-corrected chi connectivity index (χ1v) is 9.73. The maximum atomic E-state index is 12.3. The Kier molecular flexibility index (Phi) is 6.70. The molecule has 0 aliphatic rings. The molecule has 0 aliphatic carbocycles. The van der Waals surface area contributed by atoms with E-state index in [0.29, 0.717) is 6.42 Å². The van der Waals surface area contributed by atoms with Crippen molar-refractivity contribution in [2.24, 2.45) is 5.92 Å². The van der Waals surface area contributed by atoms with Gasteiger partial charge in [0.25, 0.3) is 5.91 Å². The Bertz CT molecular complexity index is 893. The van der Waals surface area contributed by atoms with Crippen LogP contribution in [0.2, 0.25) is 0 Å². The van der Waals surface area contributed by atoms with Crippen LogP contribution in [0.4, 0.5) is 0 Å². The second kappa shape index (κ2) is 8.79. The maximum Gasteiger partial charge on any atom is 0.308 e. The molecule has 2 aromatic rings. The van der Waals surface area contributed by atoms with Crippen LogP contribution in [-0.2, 0) is 21.2 Å². The van der Waals surface area contributed by atoms with E-state index in [2.05, 4.69) is 5.32 Å². The summed E-state index contributed by atoms with van der Waals surface area (Å²) >= 11 is 0. The Morgan fingerprint density at radius 1 is 1.04 bits per heavy atom. The highest BCUT2D eigenvalue weighted by Gasteiger charge is 2.20. The molecule has 144 valence electrons. The van der Waals surface area contributed by atoms with Crippen molar-refractivity contribution in [3.8, 4) is 0 Å². The van der Waals surface area contributed by atoms with Gasteiger partial charge in [-0.2, -0.15) is 0 Å². The summed E-state index contributed by atoms with van der Waals surface area (Å²) in [6.45, 7) is -0.0270. The number of benzene rings is 2. The fourth-order valence-corrected chi connectivity index (χ4v) is 3.35. The minimum absolute atomic E-state index is 0.0270. The molecule has 0 saturated heterocycles. The van der Waals surface area contributed by atoms with Crippen LogP contribution in [0.15, 0.2) is 59.5 Å². The minimum Gasteiger partial charge on any atom is -0.481 e. The van der Waals surface area contributed by atoms with Gasteiger partial charge in [0.15, 0.2) is 0 Å². The fourth-order valence-electron chi connectivity index (χ4n) is 2.45. The Balaban J connectivity index is 2.02. The van der Waals surface area contributed by atoms with Crippen LogP contribution in [0.25, 0.3) is 0 Å². The van der Waals surface area contributed by atoms with Crippen molar-refractivity contribution >= 4 is 21.9 Å².